The highest BCUT2D eigenvalue weighted by Crippen LogP contribution is 2.36. The fourth-order valence-electron chi connectivity index (χ4n) is 3.99. The van der Waals surface area contributed by atoms with Crippen LogP contribution in [0.3, 0.4) is 0 Å². The molecule has 2 fully saturated rings. The van der Waals surface area contributed by atoms with E-state index in [0.717, 1.165) is 12.8 Å². The maximum absolute atomic E-state index is 14.1. The molecule has 1 unspecified atom stereocenters. The van der Waals surface area contributed by atoms with Gasteiger partial charge in [0, 0.05) is 19.1 Å². The summed E-state index contributed by atoms with van der Waals surface area (Å²) in [6.07, 6.45) is 1.17. The molecule has 2 aliphatic rings. The van der Waals surface area contributed by atoms with Gasteiger partial charge in [0.15, 0.2) is 0 Å². The third-order valence-electron chi connectivity index (χ3n) is 6.45. The van der Waals surface area contributed by atoms with E-state index in [9.17, 15) is 14.0 Å². The number of carbonyl (C=O) groups is 2. The van der Waals surface area contributed by atoms with E-state index >= 15 is 0 Å². The largest absolute Gasteiger partial charge is 0.495 e. The number of hydrogen-bond donors (Lipinski definition) is 1. The van der Waals surface area contributed by atoms with Gasteiger partial charge in [-0.15, -0.1) is 0 Å². The molecule has 2 amide bonds. The van der Waals surface area contributed by atoms with E-state index in [1.165, 1.54) is 12.1 Å². The average Bonchev–Trinajstić information content (AvgIpc) is 2.89. The van der Waals surface area contributed by atoms with Crippen LogP contribution < -0.4 is 10.8 Å². The van der Waals surface area contributed by atoms with Crippen molar-refractivity contribution in [2.75, 3.05) is 13.1 Å². The summed E-state index contributed by atoms with van der Waals surface area (Å²) in [4.78, 5) is 27.0. The average molecular weight is 462 g/mol. The molecular formula is C24H36BFN2O5. The van der Waals surface area contributed by atoms with E-state index < -0.39 is 35.8 Å². The molecule has 33 heavy (non-hydrogen) atoms. The van der Waals surface area contributed by atoms with Crippen molar-refractivity contribution in [3.8, 4) is 0 Å². The van der Waals surface area contributed by atoms with Crippen molar-refractivity contribution in [3.63, 3.8) is 0 Å². The van der Waals surface area contributed by atoms with Gasteiger partial charge in [-0.1, -0.05) is 6.07 Å². The molecule has 3 rings (SSSR count). The van der Waals surface area contributed by atoms with Gasteiger partial charge in [-0.3, -0.25) is 4.79 Å². The number of hydrogen-bond acceptors (Lipinski definition) is 5. The first kappa shape index (κ1) is 25.5. The Morgan fingerprint density at radius 1 is 1.21 bits per heavy atom. The summed E-state index contributed by atoms with van der Waals surface area (Å²) in [5.41, 5.74) is -0.525. The Morgan fingerprint density at radius 2 is 1.85 bits per heavy atom. The number of alkyl carbamates (subject to hydrolysis) is 1. The minimum atomic E-state index is -0.753. The number of ether oxygens (including phenoxy) is 1. The van der Waals surface area contributed by atoms with Gasteiger partial charge in [0.05, 0.1) is 17.6 Å². The molecule has 2 aliphatic heterocycles. The zero-order chi connectivity index (χ0) is 24.6. The summed E-state index contributed by atoms with van der Waals surface area (Å²) in [6, 6.07) is 4.18. The highest BCUT2D eigenvalue weighted by molar-refractivity contribution is 6.62. The smallest absolute Gasteiger partial charge is 0.444 e. The lowest BCUT2D eigenvalue weighted by molar-refractivity contribution is -0.131. The maximum Gasteiger partial charge on any atom is 0.495 e. The number of rotatable bonds is 4. The van der Waals surface area contributed by atoms with E-state index in [1.54, 1.807) is 11.0 Å². The fourth-order valence-corrected chi connectivity index (χ4v) is 3.99. The first-order chi connectivity index (χ1) is 15.2. The Bertz CT molecular complexity index is 883. The van der Waals surface area contributed by atoms with E-state index in [0.29, 0.717) is 24.1 Å². The van der Waals surface area contributed by atoms with Crippen LogP contribution in [0.5, 0.6) is 0 Å². The van der Waals surface area contributed by atoms with Crippen molar-refractivity contribution in [2.45, 2.75) is 90.6 Å². The molecule has 2 heterocycles. The van der Waals surface area contributed by atoms with Gasteiger partial charge >= 0.3 is 13.2 Å². The molecule has 1 N–H and O–H groups in total. The van der Waals surface area contributed by atoms with Crippen LogP contribution in [0.1, 0.15) is 66.9 Å². The zero-order valence-corrected chi connectivity index (χ0v) is 20.8. The van der Waals surface area contributed by atoms with Gasteiger partial charge in [-0.25, -0.2) is 9.18 Å². The summed E-state index contributed by atoms with van der Waals surface area (Å²) >= 11 is 0. The minimum Gasteiger partial charge on any atom is -0.444 e. The first-order valence-electron chi connectivity index (χ1n) is 11.6. The Morgan fingerprint density at radius 3 is 2.45 bits per heavy atom. The molecule has 0 radical (unpaired) electrons. The molecule has 9 heteroatoms. The monoisotopic (exact) mass is 462 g/mol. The highest BCUT2D eigenvalue weighted by atomic mass is 19.1. The second-order valence-electron chi connectivity index (χ2n) is 10.9. The number of nitrogens with zero attached hydrogens (tertiary/aromatic N) is 1. The first-order valence-corrected chi connectivity index (χ1v) is 11.6. The number of carbonyl (C=O) groups excluding carboxylic acids is 2. The number of benzene rings is 1. The van der Waals surface area contributed by atoms with E-state index in [-0.39, 0.29) is 18.4 Å². The molecule has 1 aromatic rings. The summed E-state index contributed by atoms with van der Waals surface area (Å²) < 4.78 is 31.6. The van der Waals surface area contributed by atoms with Crippen LogP contribution >= 0.6 is 0 Å². The lowest BCUT2D eigenvalue weighted by atomic mass is 9.75. The zero-order valence-electron chi connectivity index (χ0n) is 20.8. The Labute approximate surface area is 196 Å². The SMILES string of the molecule is CC(C)(C)OC(=O)NC1CCCN(C(=O)Cc2ccc(F)cc2B2OC(C)(C)C(C)(C)O2)C1. The standard InChI is InChI=1S/C24H36BFN2O5/c1-22(2,3)31-21(30)27-18-9-8-12-28(15-18)20(29)13-16-10-11-17(26)14-19(16)25-32-23(4,5)24(6,7)33-25/h10-11,14,18H,8-9,12-13,15H2,1-7H3,(H,27,30). The van der Waals surface area contributed by atoms with Crippen LogP contribution in [0.25, 0.3) is 0 Å². The third kappa shape index (κ3) is 6.26. The van der Waals surface area contributed by atoms with Gasteiger partial charge in [0.25, 0.3) is 0 Å². The van der Waals surface area contributed by atoms with Crippen LogP contribution in [0.15, 0.2) is 18.2 Å². The van der Waals surface area contributed by atoms with Crippen molar-refractivity contribution >= 4 is 24.6 Å². The van der Waals surface area contributed by atoms with Gasteiger partial charge in [0.2, 0.25) is 5.91 Å². The third-order valence-corrected chi connectivity index (χ3v) is 6.45. The molecule has 1 atom stereocenters. The second kappa shape index (κ2) is 9.26. The number of piperidine rings is 1. The van der Waals surface area contributed by atoms with E-state index in [4.69, 9.17) is 14.0 Å². The van der Waals surface area contributed by atoms with Crippen molar-refractivity contribution < 1.29 is 28.0 Å². The molecule has 0 bridgehead atoms. The van der Waals surface area contributed by atoms with Gasteiger partial charge in [-0.2, -0.15) is 0 Å². The van der Waals surface area contributed by atoms with Crippen LogP contribution in [0.2, 0.25) is 0 Å². The van der Waals surface area contributed by atoms with Crippen LogP contribution in [-0.2, 0) is 25.3 Å². The molecule has 1 aromatic carbocycles. The van der Waals surface area contributed by atoms with Crippen LogP contribution in [0.4, 0.5) is 9.18 Å². The fraction of sp³-hybridized carbons (Fsp3) is 0.667. The van der Waals surface area contributed by atoms with Crippen molar-refractivity contribution in [1.82, 2.24) is 10.2 Å². The minimum absolute atomic E-state index is 0.0879. The highest BCUT2D eigenvalue weighted by Gasteiger charge is 2.52. The van der Waals surface area contributed by atoms with Gasteiger partial charge in [0.1, 0.15) is 11.4 Å². The van der Waals surface area contributed by atoms with Crippen LogP contribution in [0, 0.1) is 5.82 Å². The maximum atomic E-state index is 14.1. The molecule has 182 valence electrons. The predicted octanol–water partition coefficient (Wildman–Crippen LogP) is 3.18. The van der Waals surface area contributed by atoms with E-state index in [1.807, 2.05) is 48.5 Å². The number of halogens is 1. The summed E-state index contributed by atoms with van der Waals surface area (Å²) in [5, 5.41) is 2.86. The predicted molar refractivity (Wildman–Crippen MR) is 125 cm³/mol. The topological polar surface area (TPSA) is 77.1 Å². The summed E-state index contributed by atoms with van der Waals surface area (Å²) in [7, 11) is -0.753. The quantitative estimate of drug-likeness (QED) is 0.696. The molecular weight excluding hydrogens is 426 g/mol. The molecule has 0 spiro atoms. The summed E-state index contributed by atoms with van der Waals surface area (Å²) in [5.74, 6) is -0.495. The molecule has 0 aromatic heterocycles. The Balaban J connectivity index is 1.69. The van der Waals surface area contributed by atoms with Crippen molar-refractivity contribution in [2.24, 2.45) is 0 Å². The number of amides is 2. The Hall–Kier alpha value is -2.13. The van der Waals surface area contributed by atoms with E-state index in [2.05, 4.69) is 5.32 Å². The summed E-state index contributed by atoms with van der Waals surface area (Å²) in [6.45, 7) is 14.2. The van der Waals surface area contributed by atoms with Gasteiger partial charge < -0.3 is 24.3 Å². The van der Waals surface area contributed by atoms with Crippen molar-refractivity contribution in [1.29, 1.82) is 0 Å². The normalized spacial score (nSPS) is 22.2. The number of nitrogens with one attached hydrogen (secondary N) is 1. The van der Waals surface area contributed by atoms with Crippen molar-refractivity contribution in [3.05, 3.63) is 29.6 Å². The lowest BCUT2D eigenvalue weighted by Crippen LogP contribution is -2.51. The molecule has 0 saturated carbocycles. The number of likely N-dealkylation sites (tertiary alicyclic amines) is 1. The molecule has 7 nitrogen and oxygen atoms in total. The Kier molecular flexibility index (Phi) is 7.15. The molecule has 2 saturated heterocycles. The molecule has 0 aliphatic carbocycles. The lowest BCUT2D eigenvalue weighted by Gasteiger charge is -2.34. The second-order valence-corrected chi connectivity index (χ2v) is 10.9. The van der Waals surface area contributed by atoms with Crippen LogP contribution in [-0.4, -0.2) is 60.0 Å². The van der Waals surface area contributed by atoms with Gasteiger partial charge in [-0.05, 0) is 84.5 Å².